The van der Waals surface area contributed by atoms with Gasteiger partial charge in [-0.25, -0.2) is 0 Å². The number of amides is 3. The molecule has 2 aromatic carbocycles. The number of para-hydroxylation sites is 1. The van der Waals surface area contributed by atoms with Crippen LogP contribution in [-0.4, -0.2) is 69.5 Å². The molecule has 0 saturated carbocycles. The molecule has 3 aliphatic rings. The number of benzene rings is 2. The molecule has 1 spiro atoms. The first-order valence-corrected chi connectivity index (χ1v) is 14.2. The number of rotatable bonds is 9. The summed E-state index contributed by atoms with van der Waals surface area (Å²) in [5.74, 6) is -1.88. The van der Waals surface area contributed by atoms with Gasteiger partial charge in [-0.1, -0.05) is 18.2 Å². The van der Waals surface area contributed by atoms with Crippen molar-refractivity contribution in [3.8, 4) is 0 Å². The van der Waals surface area contributed by atoms with Gasteiger partial charge in [-0.3, -0.25) is 14.4 Å². The molecule has 3 heterocycles. The number of nitrogens with one attached hydrogen (secondary N) is 2. The number of thioether (sulfide) groups is 1. The number of β-amino-alcohol motifs (C(OH)–C–C–N with tert-alkyl or cyclic N) is 1. The van der Waals surface area contributed by atoms with E-state index >= 15 is 0 Å². The molecule has 3 fully saturated rings. The van der Waals surface area contributed by atoms with E-state index in [2.05, 4.69) is 29.4 Å². The molecule has 0 radical (unpaired) electrons. The van der Waals surface area contributed by atoms with Gasteiger partial charge in [0.1, 0.15) is 6.04 Å². The van der Waals surface area contributed by atoms with Crippen LogP contribution in [0.4, 0.5) is 17.1 Å². The zero-order valence-electron chi connectivity index (χ0n) is 22.1. The van der Waals surface area contributed by atoms with Gasteiger partial charge in [0.25, 0.3) is 0 Å². The zero-order chi connectivity index (χ0) is 27.1. The molecule has 0 aliphatic carbocycles. The lowest BCUT2D eigenvalue weighted by Gasteiger charge is -2.34. The molecule has 2 bridgehead atoms. The molecule has 9 heteroatoms. The third-order valence-corrected chi connectivity index (χ3v) is 10.4. The molecule has 0 aromatic heterocycles. The topological polar surface area (TPSA) is 102 Å². The van der Waals surface area contributed by atoms with Crippen molar-refractivity contribution in [3.63, 3.8) is 0 Å². The molecule has 38 heavy (non-hydrogen) atoms. The molecule has 3 saturated heterocycles. The van der Waals surface area contributed by atoms with Crippen molar-refractivity contribution in [1.29, 1.82) is 0 Å². The Kier molecular flexibility index (Phi) is 7.17. The molecule has 3 aliphatic heterocycles. The first-order chi connectivity index (χ1) is 18.3. The summed E-state index contributed by atoms with van der Waals surface area (Å²) in [7, 11) is 0. The van der Waals surface area contributed by atoms with Crippen molar-refractivity contribution in [1.82, 2.24) is 4.90 Å². The molecule has 8 nitrogen and oxygen atoms in total. The molecule has 3 amide bonds. The number of hydrogen-bond donors (Lipinski definition) is 3. The minimum atomic E-state index is -0.768. The Morgan fingerprint density at radius 1 is 1.00 bits per heavy atom. The van der Waals surface area contributed by atoms with Gasteiger partial charge in [0.05, 0.1) is 23.2 Å². The molecule has 202 valence electrons. The van der Waals surface area contributed by atoms with Gasteiger partial charge >= 0.3 is 0 Å². The molecular formula is C29H36N4O4S. The van der Waals surface area contributed by atoms with E-state index in [0.29, 0.717) is 17.8 Å². The normalized spacial score (nSPS) is 29.3. The highest BCUT2D eigenvalue weighted by Crippen LogP contribution is 2.71. The van der Waals surface area contributed by atoms with Gasteiger partial charge in [-0.15, -0.1) is 11.8 Å². The quantitative estimate of drug-likeness (QED) is 0.453. The van der Waals surface area contributed by atoms with Crippen molar-refractivity contribution in [2.75, 3.05) is 41.8 Å². The summed E-state index contributed by atoms with van der Waals surface area (Å²) in [5.41, 5.74) is 2.42. The van der Waals surface area contributed by atoms with E-state index in [1.54, 1.807) is 11.8 Å². The van der Waals surface area contributed by atoms with Crippen LogP contribution in [0.2, 0.25) is 0 Å². The number of carbonyl (C=O) groups excluding carboxylic acids is 3. The van der Waals surface area contributed by atoms with Gasteiger partial charge in [-0.2, -0.15) is 0 Å². The summed E-state index contributed by atoms with van der Waals surface area (Å²) < 4.78 is -1.17. The summed E-state index contributed by atoms with van der Waals surface area (Å²) >= 11 is 1.62. The van der Waals surface area contributed by atoms with Crippen molar-refractivity contribution in [3.05, 3.63) is 54.6 Å². The molecule has 5 rings (SSSR count). The number of anilines is 3. The average Bonchev–Trinajstić information content (AvgIpc) is 3.47. The second kappa shape index (κ2) is 10.3. The van der Waals surface area contributed by atoms with Crippen LogP contribution >= 0.6 is 11.8 Å². The van der Waals surface area contributed by atoms with E-state index in [9.17, 15) is 19.5 Å². The number of hydrogen-bond acceptors (Lipinski definition) is 6. The monoisotopic (exact) mass is 536 g/mol. The summed E-state index contributed by atoms with van der Waals surface area (Å²) in [5, 5.41) is 15.8. The van der Waals surface area contributed by atoms with Crippen LogP contribution in [0.5, 0.6) is 0 Å². The summed E-state index contributed by atoms with van der Waals surface area (Å²) in [6.45, 7) is 7.83. The van der Waals surface area contributed by atoms with Crippen LogP contribution in [0.1, 0.15) is 33.6 Å². The third kappa shape index (κ3) is 4.25. The maximum Gasteiger partial charge on any atom is 0.248 e. The number of nitrogens with zero attached hydrogens (tertiary/aromatic N) is 2. The fourth-order valence-electron chi connectivity index (χ4n) is 6.77. The van der Waals surface area contributed by atoms with Crippen molar-refractivity contribution < 1.29 is 19.5 Å². The van der Waals surface area contributed by atoms with Crippen LogP contribution in [0.15, 0.2) is 54.6 Å². The van der Waals surface area contributed by atoms with Crippen LogP contribution in [-0.2, 0) is 14.4 Å². The van der Waals surface area contributed by atoms with Gasteiger partial charge < -0.3 is 25.5 Å². The SMILES string of the molecule is CCN(CC)c1ccc(NC(=O)C2N(CCO)C(=O)[C@@H]3[C@@H](C(=O)Nc4ccccc4)[C@@]4(C)CCC23S4)cc1. The Labute approximate surface area is 228 Å². The number of carbonyl (C=O) groups is 3. The highest BCUT2D eigenvalue weighted by atomic mass is 32.2. The van der Waals surface area contributed by atoms with Crippen LogP contribution in [0.25, 0.3) is 0 Å². The maximum atomic E-state index is 13.9. The summed E-state index contributed by atoms with van der Waals surface area (Å²) in [6.07, 6.45) is 1.41. The minimum Gasteiger partial charge on any atom is -0.395 e. The molecule has 5 atom stereocenters. The molecule has 2 aromatic rings. The van der Waals surface area contributed by atoms with E-state index in [4.69, 9.17) is 0 Å². The molecule has 2 unspecified atom stereocenters. The first kappa shape index (κ1) is 26.6. The molecular weight excluding hydrogens is 500 g/mol. The lowest BCUT2D eigenvalue weighted by molar-refractivity contribution is -0.139. The smallest absolute Gasteiger partial charge is 0.248 e. The lowest BCUT2D eigenvalue weighted by Crippen LogP contribution is -2.52. The average molecular weight is 537 g/mol. The zero-order valence-corrected chi connectivity index (χ0v) is 23.0. The van der Waals surface area contributed by atoms with Crippen LogP contribution in [0.3, 0.4) is 0 Å². The Bertz CT molecular complexity index is 1200. The maximum absolute atomic E-state index is 13.9. The number of aliphatic hydroxyl groups is 1. The summed E-state index contributed by atoms with van der Waals surface area (Å²) in [4.78, 5) is 45.1. The second-order valence-electron chi connectivity index (χ2n) is 10.5. The Morgan fingerprint density at radius 2 is 1.63 bits per heavy atom. The van der Waals surface area contributed by atoms with Crippen molar-refractivity contribution in [2.24, 2.45) is 11.8 Å². The van der Waals surface area contributed by atoms with E-state index in [1.165, 1.54) is 4.90 Å². The standard InChI is InChI=1S/C29H36N4O4S/c1-4-32(5-2)21-13-11-20(12-14-21)31-26(36)24-29-16-15-28(3,38-29)22(23(29)27(37)33(24)17-18-34)25(35)30-19-9-7-6-8-10-19/h6-14,22-24,34H,4-5,15-18H2,1-3H3,(H,30,35)(H,31,36)/t22-,23-,24?,28+,29?/m0/s1. The fraction of sp³-hybridized carbons (Fsp3) is 0.483. The summed E-state index contributed by atoms with van der Waals surface area (Å²) in [6, 6.07) is 16.2. The number of likely N-dealkylation sites (tertiary alicyclic amines) is 1. The van der Waals surface area contributed by atoms with Gasteiger partial charge in [0.2, 0.25) is 17.7 Å². The Hall–Kier alpha value is -3.04. The Balaban J connectivity index is 1.43. The highest BCUT2D eigenvalue weighted by molar-refractivity contribution is 8.02. The number of aliphatic hydroxyl groups excluding tert-OH is 1. The number of fused-ring (bicyclic) bond motifs is 1. The third-order valence-electron chi connectivity index (χ3n) is 8.45. The largest absolute Gasteiger partial charge is 0.395 e. The van der Waals surface area contributed by atoms with Crippen molar-refractivity contribution in [2.45, 2.75) is 49.1 Å². The van der Waals surface area contributed by atoms with Crippen LogP contribution < -0.4 is 15.5 Å². The highest BCUT2D eigenvalue weighted by Gasteiger charge is 2.77. The van der Waals surface area contributed by atoms with Gasteiger partial charge in [-0.05, 0) is 70.0 Å². The minimum absolute atomic E-state index is 0.0559. The predicted molar refractivity (Wildman–Crippen MR) is 151 cm³/mol. The lowest BCUT2D eigenvalue weighted by atomic mass is 9.66. The second-order valence-corrected chi connectivity index (χ2v) is 12.4. The van der Waals surface area contributed by atoms with E-state index in [0.717, 1.165) is 25.2 Å². The molecule has 3 N–H and O–H groups in total. The van der Waals surface area contributed by atoms with Crippen LogP contribution in [0, 0.1) is 11.8 Å². The van der Waals surface area contributed by atoms with E-state index in [1.807, 2.05) is 61.5 Å². The van der Waals surface area contributed by atoms with Gasteiger partial charge in [0, 0.05) is 41.4 Å². The Morgan fingerprint density at radius 3 is 2.26 bits per heavy atom. The van der Waals surface area contributed by atoms with Crippen molar-refractivity contribution >= 4 is 46.5 Å². The first-order valence-electron chi connectivity index (χ1n) is 13.4. The fourth-order valence-corrected chi connectivity index (χ4v) is 9.13. The van der Waals surface area contributed by atoms with E-state index in [-0.39, 0.29) is 30.9 Å². The predicted octanol–water partition coefficient (Wildman–Crippen LogP) is 3.58. The van der Waals surface area contributed by atoms with E-state index < -0.39 is 27.4 Å². The van der Waals surface area contributed by atoms with Gasteiger partial charge in [0.15, 0.2) is 0 Å².